The quantitative estimate of drug-likeness (QED) is 0.451. The van der Waals surface area contributed by atoms with Crippen molar-refractivity contribution in [1.29, 1.82) is 0 Å². The van der Waals surface area contributed by atoms with Crippen molar-refractivity contribution in [2.24, 2.45) is 11.8 Å². The van der Waals surface area contributed by atoms with E-state index in [1.165, 1.54) is 4.90 Å². The summed E-state index contributed by atoms with van der Waals surface area (Å²) in [5, 5.41) is 16.4. The molecular formula is C29H26ClN3O4. The van der Waals surface area contributed by atoms with Crippen LogP contribution in [0.1, 0.15) is 22.3 Å². The number of carbonyl (C=O) groups is 3. The summed E-state index contributed by atoms with van der Waals surface area (Å²) in [6.45, 7) is 2.14. The number of halogens is 1. The van der Waals surface area contributed by atoms with Gasteiger partial charge in [0.05, 0.1) is 22.5 Å². The Labute approximate surface area is 219 Å². The highest BCUT2D eigenvalue weighted by Gasteiger charge is 2.70. The topological polar surface area (TPSA) is 98.7 Å². The van der Waals surface area contributed by atoms with Crippen molar-refractivity contribution in [1.82, 2.24) is 10.2 Å². The van der Waals surface area contributed by atoms with Crippen molar-refractivity contribution in [3.05, 3.63) is 94.0 Å². The molecule has 0 aromatic heterocycles. The molecule has 3 aromatic carbocycles. The molecule has 3 aliphatic heterocycles. The molecule has 3 aliphatic rings. The summed E-state index contributed by atoms with van der Waals surface area (Å²) in [6.07, 6.45) is 0.950. The van der Waals surface area contributed by atoms with Crippen LogP contribution in [0.5, 0.6) is 5.75 Å². The zero-order valence-corrected chi connectivity index (χ0v) is 21.0. The standard InChI is InChI=1S/C29H26ClN3O4/c1-16-13-20-25(21(30)14-16)31-28(37)29(20)24-23(22(32-29)15-18-7-9-19(34)10-8-18)26(35)33(27(24)36)12-11-17-5-3-2-4-6-17/h2-10,13-14,22-24,32,34H,11-12,15H2,1H3,(H,31,37)/t22-,23-,24+,29-/m1/s1. The number of phenolic OH excluding ortho intramolecular Hbond substituents is 1. The van der Waals surface area contributed by atoms with E-state index in [4.69, 9.17) is 11.6 Å². The highest BCUT2D eigenvalue weighted by atomic mass is 35.5. The van der Waals surface area contributed by atoms with Crippen LogP contribution in [0.15, 0.2) is 66.7 Å². The number of benzene rings is 3. The number of aryl methyl sites for hydroxylation is 1. The lowest BCUT2D eigenvalue weighted by molar-refractivity contribution is -0.142. The maximum absolute atomic E-state index is 14.0. The van der Waals surface area contributed by atoms with Crippen molar-refractivity contribution in [3.63, 3.8) is 0 Å². The summed E-state index contributed by atoms with van der Waals surface area (Å²) in [6, 6.07) is 19.6. The van der Waals surface area contributed by atoms with Gasteiger partial charge in [0.15, 0.2) is 0 Å². The number of phenols is 1. The van der Waals surface area contributed by atoms with Crippen LogP contribution < -0.4 is 10.6 Å². The molecule has 2 saturated heterocycles. The Morgan fingerprint density at radius 2 is 1.70 bits per heavy atom. The van der Waals surface area contributed by atoms with Gasteiger partial charge in [-0.05, 0) is 54.7 Å². The molecule has 0 saturated carbocycles. The van der Waals surface area contributed by atoms with Crippen LogP contribution in [-0.4, -0.2) is 40.3 Å². The molecule has 7 nitrogen and oxygen atoms in total. The average Bonchev–Trinajstić information content (AvgIpc) is 3.45. The number of hydrogen-bond donors (Lipinski definition) is 3. The third kappa shape index (κ3) is 3.64. The van der Waals surface area contributed by atoms with E-state index in [1.54, 1.807) is 30.3 Å². The smallest absolute Gasteiger partial charge is 0.250 e. The summed E-state index contributed by atoms with van der Waals surface area (Å²) in [5.41, 5.74) is 2.46. The van der Waals surface area contributed by atoms with E-state index >= 15 is 0 Å². The number of anilines is 1. The largest absolute Gasteiger partial charge is 0.508 e. The van der Waals surface area contributed by atoms with Gasteiger partial charge in [-0.1, -0.05) is 60.1 Å². The van der Waals surface area contributed by atoms with Crippen molar-refractivity contribution in [3.8, 4) is 5.75 Å². The minimum Gasteiger partial charge on any atom is -0.508 e. The minimum atomic E-state index is -1.40. The Morgan fingerprint density at radius 1 is 0.973 bits per heavy atom. The first-order chi connectivity index (χ1) is 17.8. The number of fused-ring (bicyclic) bond motifs is 4. The van der Waals surface area contributed by atoms with Gasteiger partial charge in [0.25, 0.3) is 0 Å². The Morgan fingerprint density at radius 3 is 2.43 bits per heavy atom. The fourth-order valence-corrected chi connectivity index (χ4v) is 6.54. The summed E-state index contributed by atoms with van der Waals surface area (Å²) in [5.74, 6) is -2.44. The molecule has 37 heavy (non-hydrogen) atoms. The highest BCUT2D eigenvalue weighted by Crippen LogP contribution is 2.54. The SMILES string of the molecule is Cc1cc(Cl)c2c(c1)[C@]1(N[C@H](Cc3ccc(O)cc3)[C@H]3C(=O)N(CCc4ccccc4)C(=O)[C@H]31)C(=O)N2. The van der Waals surface area contributed by atoms with E-state index in [1.807, 2.05) is 43.3 Å². The summed E-state index contributed by atoms with van der Waals surface area (Å²) in [4.78, 5) is 42.8. The fourth-order valence-electron chi connectivity index (χ4n) is 6.22. The molecule has 188 valence electrons. The zero-order valence-electron chi connectivity index (χ0n) is 20.2. The van der Waals surface area contributed by atoms with E-state index in [0.717, 1.165) is 16.7 Å². The number of amides is 3. The fraction of sp³-hybridized carbons (Fsp3) is 0.276. The number of imide groups is 1. The first kappa shape index (κ1) is 23.7. The van der Waals surface area contributed by atoms with E-state index in [0.29, 0.717) is 29.1 Å². The first-order valence-electron chi connectivity index (χ1n) is 12.4. The van der Waals surface area contributed by atoms with Crippen molar-refractivity contribution in [2.45, 2.75) is 31.3 Å². The van der Waals surface area contributed by atoms with Gasteiger partial charge in [-0.15, -0.1) is 0 Å². The molecule has 2 fully saturated rings. The Kier molecular flexibility index (Phi) is 5.58. The number of nitrogens with zero attached hydrogens (tertiary/aromatic N) is 1. The normalized spacial score (nSPS) is 26.1. The van der Waals surface area contributed by atoms with Crippen molar-refractivity contribution >= 4 is 35.0 Å². The highest BCUT2D eigenvalue weighted by molar-refractivity contribution is 6.35. The lowest BCUT2D eigenvalue weighted by atomic mass is 9.76. The maximum Gasteiger partial charge on any atom is 0.250 e. The maximum atomic E-state index is 14.0. The lowest BCUT2D eigenvalue weighted by Crippen LogP contribution is -2.53. The third-order valence-corrected chi connectivity index (χ3v) is 8.17. The molecule has 0 aliphatic carbocycles. The predicted octanol–water partition coefficient (Wildman–Crippen LogP) is 3.56. The van der Waals surface area contributed by atoms with Gasteiger partial charge in [-0.25, -0.2) is 0 Å². The number of hydrogen-bond acceptors (Lipinski definition) is 5. The van der Waals surface area contributed by atoms with Gasteiger partial charge < -0.3 is 10.4 Å². The second-order valence-corrected chi connectivity index (χ2v) is 10.5. The summed E-state index contributed by atoms with van der Waals surface area (Å²) >= 11 is 6.51. The second kappa shape index (κ2) is 8.71. The van der Waals surface area contributed by atoms with E-state index in [2.05, 4.69) is 10.6 Å². The molecule has 1 spiro atoms. The number of carbonyl (C=O) groups excluding carboxylic acids is 3. The number of aromatic hydroxyl groups is 1. The monoisotopic (exact) mass is 515 g/mol. The predicted molar refractivity (Wildman–Crippen MR) is 139 cm³/mol. The van der Waals surface area contributed by atoms with Gasteiger partial charge in [0.1, 0.15) is 11.3 Å². The van der Waals surface area contributed by atoms with Crippen LogP contribution in [-0.2, 0) is 32.8 Å². The molecule has 3 amide bonds. The average molecular weight is 516 g/mol. The molecule has 4 atom stereocenters. The van der Waals surface area contributed by atoms with Gasteiger partial charge in [-0.3, -0.25) is 24.6 Å². The van der Waals surface area contributed by atoms with Crippen LogP contribution in [0.2, 0.25) is 5.02 Å². The molecule has 0 bridgehead atoms. The second-order valence-electron chi connectivity index (χ2n) is 10.1. The number of nitrogens with one attached hydrogen (secondary N) is 2. The van der Waals surface area contributed by atoms with Crippen molar-refractivity contribution in [2.75, 3.05) is 11.9 Å². The minimum absolute atomic E-state index is 0.144. The van der Waals surface area contributed by atoms with Crippen LogP contribution in [0.4, 0.5) is 5.69 Å². The van der Waals surface area contributed by atoms with Gasteiger partial charge >= 0.3 is 0 Å². The van der Waals surface area contributed by atoms with Gasteiger partial charge in [0.2, 0.25) is 17.7 Å². The lowest BCUT2D eigenvalue weighted by Gasteiger charge is -2.30. The third-order valence-electron chi connectivity index (χ3n) is 7.87. The molecule has 8 heteroatoms. The van der Waals surface area contributed by atoms with E-state index in [9.17, 15) is 19.5 Å². The molecule has 0 radical (unpaired) electrons. The van der Waals surface area contributed by atoms with E-state index in [-0.39, 0.29) is 30.0 Å². The Hall–Kier alpha value is -3.68. The number of likely N-dealkylation sites (tertiary alicyclic amines) is 1. The van der Waals surface area contributed by atoms with Crippen LogP contribution in [0.25, 0.3) is 0 Å². The summed E-state index contributed by atoms with van der Waals surface area (Å²) in [7, 11) is 0. The number of rotatable bonds is 5. The first-order valence-corrected chi connectivity index (χ1v) is 12.7. The summed E-state index contributed by atoms with van der Waals surface area (Å²) < 4.78 is 0. The molecule has 6 rings (SSSR count). The molecule has 3 heterocycles. The molecule has 0 unspecified atom stereocenters. The van der Waals surface area contributed by atoms with Gasteiger partial charge in [0, 0.05) is 18.2 Å². The van der Waals surface area contributed by atoms with E-state index < -0.39 is 23.4 Å². The Bertz CT molecular complexity index is 1430. The zero-order chi connectivity index (χ0) is 25.9. The van der Waals surface area contributed by atoms with Crippen molar-refractivity contribution < 1.29 is 19.5 Å². The Balaban J connectivity index is 1.42. The molecule has 3 aromatic rings. The molecular weight excluding hydrogens is 490 g/mol. The van der Waals surface area contributed by atoms with Crippen LogP contribution in [0, 0.1) is 18.8 Å². The van der Waals surface area contributed by atoms with Crippen LogP contribution >= 0.6 is 11.6 Å². The molecule has 3 N–H and O–H groups in total. The van der Waals surface area contributed by atoms with Gasteiger partial charge in [-0.2, -0.15) is 0 Å². The van der Waals surface area contributed by atoms with Crippen LogP contribution in [0.3, 0.4) is 0 Å².